The number of H-pyrrole nitrogens is 1. The van der Waals surface area contributed by atoms with Crippen molar-refractivity contribution in [3.8, 4) is 0 Å². The van der Waals surface area contributed by atoms with Crippen molar-refractivity contribution in [1.29, 1.82) is 0 Å². The predicted octanol–water partition coefficient (Wildman–Crippen LogP) is 4.69. The summed E-state index contributed by atoms with van der Waals surface area (Å²) >= 11 is 3.01. The zero-order valence-electron chi connectivity index (χ0n) is 14.7. The molecular weight excluding hydrogens is 392 g/mol. The molecule has 1 atom stereocenters. The highest BCUT2D eigenvalue weighted by Crippen LogP contribution is 2.34. The smallest absolute Gasteiger partial charge is 0.253 e. The Morgan fingerprint density at radius 3 is 2.96 bits per heavy atom. The van der Waals surface area contributed by atoms with Gasteiger partial charge in [0.05, 0.1) is 33.6 Å². The summed E-state index contributed by atoms with van der Waals surface area (Å²) in [5.41, 5.74) is 2.77. The number of hydrogen-bond acceptors (Lipinski definition) is 6. The van der Waals surface area contributed by atoms with Gasteiger partial charge in [-0.2, -0.15) is 5.10 Å². The summed E-state index contributed by atoms with van der Waals surface area (Å²) in [5.74, 6) is 0.925. The molecule has 28 heavy (non-hydrogen) atoms. The van der Waals surface area contributed by atoms with Gasteiger partial charge in [0.1, 0.15) is 11.8 Å². The van der Waals surface area contributed by atoms with E-state index in [-0.39, 0.29) is 17.7 Å². The molecule has 8 heteroatoms. The molecule has 0 bridgehead atoms. The van der Waals surface area contributed by atoms with Crippen molar-refractivity contribution in [3.05, 3.63) is 70.8 Å². The molecule has 0 fully saturated rings. The standard InChI is InChI=1S/C20H16N4O2S2/c25-19(12-28-20-21-13-5-1-2-6-14(13)22-20)24-16(17-7-3-9-26-17)11-15(23-24)18-8-4-10-27-18/h1-10,16H,11-12H2,(H,21,22)/t16-/m0/s1. The van der Waals surface area contributed by atoms with Crippen LogP contribution in [0, 0.1) is 0 Å². The van der Waals surface area contributed by atoms with Gasteiger partial charge in [-0.3, -0.25) is 4.79 Å². The van der Waals surface area contributed by atoms with Crippen molar-refractivity contribution in [2.45, 2.75) is 17.6 Å². The third kappa shape index (κ3) is 3.25. The van der Waals surface area contributed by atoms with Crippen molar-refractivity contribution < 1.29 is 9.21 Å². The Morgan fingerprint density at radius 1 is 1.25 bits per heavy atom. The summed E-state index contributed by atoms with van der Waals surface area (Å²) in [5, 5.41) is 8.93. The van der Waals surface area contributed by atoms with Gasteiger partial charge >= 0.3 is 0 Å². The SMILES string of the molecule is O=C(CSc1nc2ccccc2[nH]1)N1N=C(c2cccs2)C[C@H]1c1ccco1. The molecule has 1 amide bonds. The molecule has 140 valence electrons. The molecule has 0 spiro atoms. The van der Waals surface area contributed by atoms with Crippen LogP contribution in [0.25, 0.3) is 11.0 Å². The molecule has 6 nitrogen and oxygen atoms in total. The quantitative estimate of drug-likeness (QED) is 0.486. The minimum Gasteiger partial charge on any atom is -0.467 e. The lowest BCUT2D eigenvalue weighted by atomic mass is 10.1. The molecule has 5 rings (SSSR count). The Labute approximate surface area is 169 Å². The van der Waals surface area contributed by atoms with Gasteiger partial charge in [0, 0.05) is 6.42 Å². The van der Waals surface area contributed by atoms with Gasteiger partial charge < -0.3 is 9.40 Å². The van der Waals surface area contributed by atoms with E-state index in [1.165, 1.54) is 11.8 Å². The van der Waals surface area contributed by atoms with E-state index < -0.39 is 0 Å². The lowest BCUT2D eigenvalue weighted by Crippen LogP contribution is -2.28. The van der Waals surface area contributed by atoms with Gasteiger partial charge in [0.15, 0.2) is 5.16 Å². The van der Waals surface area contributed by atoms with Crippen LogP contribution in [-0.2, 0) is 4.79 Å². The largest absolute Gasteiger partial charge is 0.467 e. The maximum absolute atomic E-state index is 13.0. The van der Waals surface area contributed by atoms with Crippen molar-refractivity contribution in [2.75, 3.05) is 5.75 Å². The summed E-state index contributed by atoms with van der Waals surface area (Å²) in [6, 6.07) is 15.4. The van der Waals surface area contributed by atoms with Crippen LogP contribution in [0.3, 0.4) is 0 Å². The number of aromatic amines is 1. The van der Waals surface area contributed by atoms with Gasteiger partial charge in [-0.05, 0) is 35.7 Å². The number of benzene rings is 1. The Hall–Kier alpha value is -2.84. The molecule has 4 aromatic rings. The Morgan fingerprint density at radius 2 is 2.18 bits per heavy atom. The topological polar surface area (TPSA) is 74.5 Å². The first-order valence-electron chi connectivity index (χ1n) is 8.82. The van der Waals surface area contributed by atoms with Crippen LogP contribution >= 0.6 is 23.1 Å². The number of furan rings is 1. The second-order valence-electron chi connectivity index (χ2n) is 6.35. The number of thioether (sulfide) groups is 1. The number of nitrogens with zero attached hydrogens (tertiary/aromatic N) is 3. The van der Waals surface area contributed by atoms with E-state index in [1.807, 2.05) is 53.9 Å². The van der Waals surface area contributed by atoms with Crippen LogP contribution in [0.4, 0.5) is 0 Å². The minimum absolute atomic E-state index is 0.0709. The summed E-state index contributed by atoms with van der Waals surface area (Å²) in [7, 11) is 0. The fourth-order valence-corrected chi connectivity index (χ4v) is 4.69. The van der Waals surface area contributed by atoms with Crippen molar-refractivity contribution in [3.63, 3.8) is 0 Å². The number of rotatable bonds is 5. The second-order valence-corrected chi connectivity index (χ2v) is 8.26. The number of imidazole rings is 1. The zero-order valence-corrected chi connectivity index (χ0v) is 16.4. The van der Waals surface area contributed by atoms with E-state index in [4.69, 9.17) is 4.42 Å². The van der Waals surface area contributed by atoms with E-state index in [0.717, 1.165) is 32.5 Å². The number of fused-ring (bicyclic) bond motifs is 1. The molecule has 4 heterocycles. The summed E-state index contributed by atoms with van der Waals surface area (Å²) in [4.78, 5) is 21.8. The number of para-hydroxylation sites is 2. The van der Waals surface area contributed by atoms with Crippen LogP contribution in [-0.4, -0.2) is 32.3 Å². The number of nitrogens with one attached hydrogen (secondary N) is 1. The van der Waals surface area contributed by atoms with Crippen LogP contribution in [0.2, 0.25) is 0 Å². The molecule has 1 aliphatic rings. The van der Waals surface area contributed by atoms with E-state index in [9.17, 15) is 4.79 Å². The van der Waals surface area contributed by atoms with Crippen LogP contribution in [0.1, 0.15) is 23.1 Å². The van der Waals surface area contributed by atoms with E-state index in [2.05, 4.69) is 15.1 Å². The monoisotopic (exact) mass is 408 g/mol. The first-order valence-corrected chi connectivity index (χ1v) is 10.7. The highest BCUT2D eigenvalue weighted by Gasteiger charge is 2.35. The Bertz CT molecular complexity index is 1100. The third-order valence-corrected chi connectivity index (χ3v) is 6.32. The Balaban J connectivity index is 1.36. The minimum atomic E-state index is -0.212. The average Bonchev–Trinajstić information content (AvgIpc) is 3.50. The summed E-state index contributed by atoms with van der Waals surface area (Å²) in [6.07, 6.45) is 2.28. The molecule has 0 radical (unpaired) electrons. The highest BCUT2D eigenvalue weighted by molar-refractivity contribution is 7.99. The van der Waals surface area contributed by atoms with Crippen molar-refractivity contribution in [2.24, 2.45) is 5.10 Å². The van der Waals surface area contributed by atoms with Crippen molar-refractivity contribution in [1.82, 2.24) is 15.0 Å². The normalized spacial score (nSPS) is 16.6. The first-order chi connectivity index (χ1) is 13.8. The molecule has 1 aromatic carbocycles. The Kier molecular flexibility index (Phi) is 4.50. The second kappa shape index (κ2) is 7.29. The van der Waals surface area contributed by atoms with Crippen LogP contribution in [0.15, 0.2) is 74.8 Å². The van der Waals surface area contributed by atoms with Gasteiger partial charge in [-0.15, -0.1) is 11.3 Å². The molecule has 0 unspecified atom stereocenters. The third-order valence-electron chi connectivity index (χ3n) is 4.54. The molecular formula is C20H16N4O2S2. The van der Waals surface area contributed by atoms with Gasteiger partial charge in [-0.25, -0.2) is 9.99 Å². The molecule has 1 aliphatic heterocycles. The number of carbonyl (C=O) groups excluding carboxylic acids is 1. The fraction of sp³-hybridized carbons (Fsp3) is 0.150. The molecule has 1 N–H and O–H groups in total. The van der Waals surface area contributed by atoms with Gasteiger partial charge in [0.25, 0.3) is 5.91 Å². The van der Waals surface area contributed by atoms with Crippen LogP contribution < -0.4 is 0 Å². The number of aromatic nitrogens is 2. The van der Waals surface area contributed by atoms with E-state index in [0.29, 0.717) is 6.42 Å². The first kappa shape index (κ1) is 17.3. The number of hydrogen-bond donors (Lipinski definition) is 1. The average molecular weight is 409 g/mol. The number of amides is 1. The lowest BCUT2D eigenvalue weighted by molar-refractivity contribution is -0.130. The zero-order chi connectivity index (χ0) is 18.9. The van der Waals surface area contributed by atoms with Gasteiger partial charge in [-0.1, -0.05) is 30.0 Å². The lowest BCUT2D eigenvalue weighted by Gasteiger charge is -2.19. The van der Waals surface area contributed by atoms with Crippen LogP contribution in [0.5, 0.6) is 0 Å². The summed E-state index contributed by atoms with van der Waals surface area (Å²) < 4.78 is 5.58. The summed E-state index contributed by atoms with van der Waals surface area (Å²) in [6.45, 7) is 0. The number of hydrazone groups is 1. The fourth-order valence-electron chi connectivity index (χ4n) is 3.23. The van der Waals surface area contributed by atoms with E-state index >= 15 is 0 Å². The van der Waals surface area contributed by atoms with E-state index in [1.54, 1.807) is 22.6 Å². The van der Waals surface area contributed by atoms with Crippen molar-refractivity contribution >= 4 is 45.8 Å². The maximum atomic E-state index is 13.0. The molecule has 0 aliphatic carbocycles. The molecule has 3 aromatic heterocycles. The predicted molar refractivity (Wildman–Crippen MR) is 111 cm³/mol. The number of thiophene rings is 1. The number of carbonyl (C=O) groups is 1. The molecule has 0 saturated carbocycles. The molecule has 0 saturated heterocycles. The maximum Gasteiger partial charge on any atom is 0.253 e. The van der Waals surface area contributed by atoms with Gasteiger partial charge in [0.2, 0.25) is 0 Å². The highest BCUT2D eigenvalue weighted by atomic mass is 32.2.